The Morgan fingerprint density at radius 1 is 0.635 bits per heavy atom. The molecule has 4 fully saturated rings. The van der Waals surface area contributed by atoms with E-state index in [4.69, 9.17) is 159 Å². The van der Waals surface area contributed by atoms with Crippen LogP contribution in [0.3, 0.4) is 0 Å². The molecular formula is C60H80BBr4Cl8F8N6O17. The summed E-state index contributed by atoms with van der Waals surface area (Å²) in [5, 5.41) is 49.5. The number of carbonyl (C=O) groups is 5. The van der Waals surface area contributed by atoms with Crippen molar-refractivity contribution in [2.24, 2.45) is 16.6 Å². The average molecular weight is 1920 g/mol. The summed E-state index contributed by atoms with van der Waals surface area (Å²) in [5.41, 5.74) is 4.25. The van der Waals surface area contributed by atoms with Crippen LogP contribution in [-0.2, 0) is 44.0 Å². The lowest BCUT2D eigenvalue weighted by Gasteiger charge is -2.64. The number of aliphatic hydroxyl groups is 4. The van der Waals surface area contributed by atoms with Gasteiger partial charge in [0.15, 0.2) is 0 Å². The van der Waals surface area contributed by atoms with Crippen molar-refractivity contribution in [1.82, 2.24) is 15.1 Å². The number of carbonyl (C=O) groups excluding carboxylic acids is 5. The van der Waals surface area contributed by atoms with Gasteiger partial charge < -0.3 is 79.2 Å². The third-order valence-electron chi connectivity index (χ3n) is 18.4. The number of fused-ring (bicyclic) bond motifs is 2. The van der Waals surface area contributed by atoms with Crippen LogP contribution in [0.2, 0.25) is 0 Å². The summed E-state index contributed by atoms with van der Waals surface area (Å²) < 4.78 is 98.4. The molecular weight excluding hydrogens is 1840 g/mol. The Kier molecular flexibility index (Phi) is 45.9. The number of nitrogens with one attached hydrogen (secondary N) is 1. The minimum Gasteiger partial charge on any atom is -0.497 e. The van der Waals surface area contributed by atoms with Crippen molar-refractivity contribution in [2.75, 3.05) is 125 Å². The molecule has 3 radical (unpaired) electrons. The van der Waals surface area contributed by atoms with E-state index in [9.17, 15) is 39.3 Å². The minimum absolute atomic E-state index is 0. The van der Waals surface area contributed by atoms with E-state index in [1.54, 1.807) is 14.2 Å². The Balaban J connectivity index is 0.00000139. The van der Waals surface area contributed by atoms with Crippen molar-refractivity contribution in [1.29, 1.82) is 0 Å². The van der Waals surface area contributed by atoms with Crippen LogP contribution in [0, 0.1) is 10.8 Å². The zero-order chi connectivity index (χ0) is 79.3. The number of esters is 1. The van der Waals surface area contributed by atoms with Crippen LogP contribution in [0.1, 0.15) is 57.6 Å². The number of hydrogen-bond acceptors (Lipinski definition) is 22. The zero-order valence-corrected chi connectivity index (χ0v) is 69.0. The van der Waals surface area contributed by atoms with Crippen molar-refractivity contribution in [3.05, 3.63) is 71.8 Å². The van der Waals surface area contributed by atoms with Crippen LogP contribution in [0.5, 0.6) is 11.5 Å². The van der Waals surface area contributed by atoms with Crippen molar-refractivity contribution in [2.45, 2.75) is 113 Å². The summed E-state index contributed by atoms with van der Waals surface area (Å²) in [6, 6.07) is 11.8. The number of benzene rings is 2. The van der Waals surface area contributed by atoms with Gasteiger partial charge in [0.2, 0.25) is 0 Å². The maximum absolute atomic E-state index is 12.9. The number of rotatable bonds is 15. The minimum atomic E-state index is -2.24. The fourth-order valence-electron chi connectivity index (χ4n) is 15.8. The highest BCUT2D eigenvalue weighted by Gasteiger charge is 2.79. The van der Waals surface area contributed by atoms with Crippen molar-refractivity contribution >= 4 is 205 Å². The average Bonchev–Trinajstić information content (AvgIpc) is 1.47. The second-order valence-electron chi connectivity index (χ2n) is 23.0. The fourth-order valence-corrected chi connectivity index (χ4v) is 16.8. The number of alkyl halides is 10. The zero-order valence-electron chi connectivity index (χ0n) is 56.6. The number of alkyl carbamates (subject to hydrolysis) is 1. The maximum Gasteiger partial charge on any atom is 0.515 e. The van der Waals surface area contributed by atoms with Crippen LogP contribution < -0.4 is 30.3 Å². The number of halogens is 20. The van der Waals surface area contributed by atoms with Crippen molar-refractivity contribution < 1.29 is 119 Å². The van der Waals surface area contributed by atoms with Gasteiger partial charge >= 0.3 is 37.0 Å². The van der Waals surface area contributed by atoms with Gasteiger partial charge in [-0.25, -0.2) is 19.2 Å². The molecule has 2 aromatic rings. The molecule has 2 aromatic carbocycles. The standard InChI is InChI=1S/C27H36BrN3O6.C22H31N3O3.2C3H4BrClO2.C3Cl6O3.C2H5BrO.B.4F2/c1-5-25-9-6-12-31-13-10-26(21(25)31)19-8-7-18(35-4)15-20(19)30(3)22(26)27(34,23(25)37-17(2)32)16-29-24(33)36-14-11-28;1-4-20-8-5-10-25-11-9-21(17(20)25)15-7-6-14(28-3)12-16(15)24(2)18(21)22(27,13-23)19(20)26;2*4-1-2-7-3(5)6;4-2(5,6)11-1(10)12-3(7,8)9;3-1-2-4;;4*1-2/h6-9,15,21-23,34H,5,10-14,16H2,1-4H3,(H,29,33);5-8,12,17-19,26-27H,4,9-11,13,23H2,1-3H3;2*1-2H2;;4H,1-2H2;;;;;/t21-,22+,23+,25+,26+,27-;17-,18+,19+,20+,21+,22-;;;;;;;;;/m00........./s1. The number of ether oxygens (including phenoxy) is 8. The summed E-state index contributed by atoms with van der Waals surface area (Å²) in [6.07, 6.45) is 7.97. The van der Waals surface area contributed by atoms with E-state index in [1.165, 1.54) is 12.5 Å². The predicted molar refractivity (Wildman–Crippen MR) is 397 cm³/mol. The molecule has 23 nitrogen and oxygen atoms in total. The number of nitrogens with two attached hydrogens (primary N) is 1. The summed E-state index contributed by atoms with van der Waals surface area (Å²) in [7, 11) is 7.30. The first-order valence-electron chi connectivity index (χ1n) is 30.3. The van der Waals surface area contributed by atoms with E-state index in [2.05, 4.69) is 164 Å². The lowest BCUT2D eigenvalue weighted by Crippen LogP contribution is -2.81. The highest BCUT2D eigenvalue weighted by Crippen LogP contribution is 2.69. The molecule has 6 heterocycles. The maximum atomic E-state index is 12.9. The lowest BCUT2D eigenvalue weighted by atomic mass is 9.47. The molecule has 104 heavy (non-hydrogen) atoms. The molecule has 595 valence electrons. The number of amides is 1. The van der Waals surface area contributed by atoms with Gasteiger partial charge in [0.1, 0.15) is 48.6 Å². The Hall–Kier alpha value is -2.47. The molecule has 2 saturated heterocycles. The van der Waals surface area contributed by atoms with Crippen molar-refractivity contribution in [3.63, 3.8) is 0 Å². The number of anilines is 2. The molecule has 0 unspecified atom stereocenters. The molecule has 2 spiro atoms. The van der Waals surface area contributed by atoms with Gasteiger partial charge in [-0.3, -0.25) is 14.6 Å². The predicted octanol–water partition coefficient (Wildman–Crippen LogP) is 14.1. The van der Waals surface area contributed by atoms with E-state index in [-0.39, 0.29) is 58.3 Å². The van der Waals surface area contributed by atoms with Gasteiger partial charge in [-0.05, 0) is 132 Å². The lowest BCUT2D eigenvalue weighted by molar-refractivity contribution is -0.217. The molecule has 1 amide bonds. The topological polar surface area (TPSA) is 291 Å². The Labute approximate surface area is 671 Å². The first-order valence-corrected chi connectivity index (χ1v) is 37.9. The summed E-state index contributed by atoms with van der Waals surface area (Å²) in [5.74, 6) is 1.07. The van der Waals surface area contributed by atoms with Crippen LogP contribution in [0.4, 0.5) is 67.1 Å². The van der Waals surface area contributed by atoms with E-state index in [1.807, 2.05) is 32.3 Å². The number of likely N-dealkylation sites (N-methyl/N-ethyl adjacent to an activating group) is 2. The first-order chi connectivity index (χ1) is 48.6. The Morgan fingerprint density at radius 2 is 1.01 bits per heavy atom. The molecule has 8 aliphatic rings. The highest BCUT2D eigenvalue weighted by molar-refractivity contribution is 9.09. The van der Waals surface area contributed by atoms with Crippen LogP contribution in [0.25, 0.3) is 0 Å². The normalized spacial score (nSPS) is 27.4. The molecule has 2 saturated carbocycles. The molecule has 44 heteroatoms. The molecule has 12 atom stereocenters. The smallest absolute Gasteiger partial charge is 0.497 e. The summed E-state index contributed by atoms with van der Waals surface area (Å²) in [6.45, 7) is 10.1. The molecule has 10 rings (SSSR count). The van der Waals surface area contributed by atoms with Crippen LogP contribution in [0.15, 0.2) is 60.7 Å². The molecule has 2 aliphatic carbocycles. The van der Waals surface area contributed by atoms with Crippen LogP contribution >= 0.6 is 157 Å². The fraction of sp³-hybridized carbons (Fsp3) is 0.650. The molecule has 0 aromatic heterocycles. The molecule has 0 bridgehead atoms. The van der Waals surface area contributed by atoms with E-state index in [0.29, 0.717) is 41.0 Å². The van der Waals surface area contributed by atoms with Gasteiger partial charge in [0.25, 0.3) is 0 Å². The third kappa shape index (κ3) is 23.3. The van der Waals surface area contributed by atoms with Gasteiger partial charge in [0.05, 0.1) is 45.6 Å². The second kappa shape index (κ2) is 47.0. The highest BCUT2D eigenvalue weighted by atomic mass is 79.9. The first kappa shape index (κ1) is 102. The monoisotopic (exact) mass is 1910 g/mol. The Bertz CT molecular complexity index is 3040. The van der Waals surface area contributed by atoms with Crippen LogP contribution in [-0.4, -0.2) is 239 Å². The van der Waals surface area contributed by atoms with E-state index in [0.717, 1.165) is 73.9 Å². The van der Waals surface area contributed by atoms with Gasteiger partial charge in [-0.1, -0.05) is 114 Å². The number of nitrogens with zero attached hydrogens (tertiary/aromatic N) is 4. The molecule has 6 aliphatic heterocycles. The number of hydrogen-bond donors (Lipinski definition) is 6. The summed E-state index contributed by atoms with van der Waals surface area (Å²) >= 11 is 52.1. The van der Waals surface area contributed by atoms with E-state index < -0.39 is 82.7 Å². The largest absolute Gasteiger partial charge is 0.515 e. The Morgan fingerprint density at radius 3 is 1.34 bits per heavy atom. The van der Waals surface area contributed by atoms with Gasteiger partial charge in [0, 0.05) is 187 Å². The van der Waals surface area contributed by atoms with Crippen molar-refractivity contribution in [3.8, 4) is 11.5 Å². The van der Waals surface area contributed by atoms with Gasteiger partial charge in [-0.15, -0.1) is 0 Å². The number of aliphatic hydroxyl groups excluding tert-OH is 2. The SMILES string of the molecule is CC[C@]12C=CCN3CC[C@@]4(c5ccc(OC)cc5N(C)[C@H]4[C@@](O)(CN)[C@@H]1O)[C@@H]32.CC[C@]12C=CCN3CC[C@@]4(c5ccc(OC)cc5N(C)[C@H]4[C@@](O)(CNC(=O)OCCBr)[C@@H]1OC(C)=O)[C@@H]32.FF.FF.FF.FF.O=C(Cl)OCCBr.O=C(Cl)OCCBr.O=C(OC(Cl)(Cl)Cl)OC(Cl)(Cl)Cl.OCCBr.[B]. The van der Waals surface area contributed by atoms with Gasteiger partial charge in [-0.2, -0.15) is 0 Å². The third-order valence-corrected chi connectivity index (χ3v) is 20.4. The van der Waals surface area contributed by atoms with E-state index >= 15 is 0 Å². The number of methoxy groups -OCH3 is 2. The summed E-state index contributed by atoms with van der Waals surface area (Å²) in [4.78, 5) is 64.3. The second-order valence-corrected chi connectivity index (χ2v) is 31.1. The quantitative estimate of drug-likeness (QED) is 0.0184. The molecule has 7 N–H and O–H groups in total.